The van der Waals surface area contributed by atoms with E-state index in [1.54, 1.807) is 0 Å². The van der Waals surface area contributed by atoms with Gasteiger partial charge in [0.1, 0.15) is 0 Å². The summed E-state index contributed by atoms with van der Waals surface area (Å²) >= 11 is 0. The molecule has 1 fully saturated rings. The van der Waals surface area contributed by atoms with Crippen LogP contribution < -0.4 is 11.1 Å². The molecule has 15 heavy (non-hydrogen) atoms. The average Bonchev–Trinajstić information content (AvgIpc) is 2.80. The van der Waals surface area contributed by atoms with Crippen LogP contribution in [0.15, 0.2) is 24.3 Å². The van der Waals surface area contributed by atoms with E-state index in [2.05, 4.69) is 50.4 Å². The van der Waals surface area contributed by atoms with Gasteiger partial charge in [-0.2, -0.15) is 0 Å². The summed E-state index contributed by atoms with van der Waals surface area (Å²) in [7, 11) is 0. The van der Waals surface area contributed by atoms with Gasteiger partial charge < -0.3 is 11.1 Å². The molecule has 0 aliphatic heterocycles. The van der Waals surface area contributed by atoms with Crippen molar-refractivity contribution >= 4 is 5.69 Å². The lowest BCUT2D eigenvalue weighted by molar-refractivity contribution is 0.632. The molecule has 82 valence electrons. The first-order valence-corrected chi connectivity index (χ1v) is 5.60. The second-order valence-electron chi connectivity index (χ2n) is 5.47. The van der Waals surface area contributed by atoms with E-state index in [1.807, 2.05) is 0 Å². The van der Waals surface area contributed by atoms with E-state index in [1.165, 1.54) is 11.3 Å². The fourth-order valence-electron chi connectivity index (χ4n) is 1.91. The van der Waals surface area contributed by atoms with E-state index in [9.17, 15) is 0 Å². The molecule has 2 nitrogen and oxygen atoms in total. The SMILES string of the molecule is CC(C)(C)Nc1ccccc1[C@@H]1CC1N. The third-order valence-electron chi connectivity index (χ3n) is 2.71. The van der Waals surface area contributed by atoms with Gasteiger partial charge in [0.15, 0.2) is 0 Å². The Morgan fingerprint density at radius 1 is 1.27 bits per heavy atom. The number of rotatable bonds is 2. The molecule has 0 radical (unpaired) electrons. The quantitative estimate of drug-likeness (QED) is 0.777. The van der Waals surface area contributed by atoms with Gasteiger partial charge in [-0.05, 0) is 38.8 Å². The van der Waals surface area contributed by atoms with Crippen molar-refractivity contribution in [3.05, 3.63) is 29.8 Å². The molecule has 1 aromatic carbocycles. The summed E-state index contributed by atoms with van der Waals surface area (Å²) in [6, 6.07) is 8.87. The minimum atomic E-state index is 0.106. The topological polar surface area (TPSA) is 38.0 Å². The molecule has 3 N–H and O–H groups in total. The molecule has 2 heteroatoms. The van der Waals surface area contributed by atoms with E-state index in [0.29, 0.717) is 12.0 Å². The molecule has 1 aliphatic rings. The molecule has 0 spiro atoms. The Morgan fingerprint density at radius 2 is 1.87 bits per heavy atom. The Balaban J connectivity index is 2.23. The molecule has 1 aliphatic carbocycles. The number of hydrogen-bond donors (Lipinski definition) is 2. The lowest BCUT2D eigenvalue weighted by atomic mass is 10.0. The van der Waals surface area contributed by atoms with Crippen LogP contribution in [0.5, 0.6) is 0 Å². The van der Waals surface area contributed by atoms with Crippen molar-refractivity contribution in [2.45, 2.75) is 44.7 Å². The van der Waals surface area contributed by atoms with Crippen molar-refractivity contribution in [2.75, 3.05) is 5.32 Å². The normalized spacial score (nSPS) is 25.1. The van der Waals surface area contributed by atoms with Crippen molar-refractivity contribution in [3.8, 4) is 0 Å². The van der Waals surface area contributed by atoms with Crippen LogP contribution in [0, 0.1) is 0 Å². The van der Waals surface area contributed by atoms with E-state index in [-0.39, 0.29) is 5.54 Å². The number of nitrogens with one attached hydrogen (secondary N) is 1. The summed E-state index contributed by atoms with van der Waals surface area (Å²) in [5.41, 5.74) is 8.62. The van der Waals surface area contributed by atoms with E-state index < -0.39 is 0 Å². The van der Waals surface area contributed by atoms with Gasteiger partial charge in [-0.25, -0.2) is 0 Å². The molecule has 1 unspecified atom stereocenters. The highest BCUT2D eigenvalue weighted by molar-refractivity contribution is 5.56. The summed E-state index contributed by atoms with van der Waals surface area (Å²) < 4.78 is 0. The molecule has 1 aromatic rings. The first-order valence-electron chi connectivity index (χ1n) is 5.60. The third-order valence-corrected chi connectivity index (χ3v) is 2.71. The first kappa shape index (κ1) is 10.5. The number of benzene rings is 1. The van der Waals surface area contributed by atoms with Gasteiger partial charge in [0.05, 0.1) is 0 Å². The van der Waals surface area contributed by atoms with Gasteiger partial charge in [-0.3, -0.25) is 0 Å². The number of para-hydroxylation sites is 1. The summed E-state index contributed by atoms with van der Waals surface area (Å²) in [5, 5.41) is 3.54. The summed E-state index contributed by atoms with van der Waals surface area (Å²) in [6.07, 6.45) is 1.13. The maximum atomic E-state index is 5.90. The van der Waals surface area contributed by atoms with Crippen LogP contribution in [-0.2, 0) is 0 Å². The van der Waals surface area contributed by atoms with Crippen molar-refractivity contribution < 1.29 is 0 Å². The Morgan fingerprint density at radius 3 is 2.40 bits per heavy atom. The van der Waals surface area contributed by atoms with Gasteiger partial charge >= 0.3 is 0 Å². The summed E-state index contributed by atoms with van der Waals surface area (Å²) in [6.45, 7) is 6.53. The molecular formula is C13H20N2. The van der Waals surface area contributed by atoms with E-state index >= 15 is 0 Å². The lowest BCUT2D eigenvalue weighted by Crippen LogP contribution is -2.26. The fourth-order valence-corrected chi connectivity index (χ4v) is 1.91. The lowest BCUT2D eigenvalue weighted by Gasteiger charge is -2.24. The number of nitrogens with two attached hydrogens (primary N) is 1. The Bertz CT molecular complexity index is 352. The Hall–Kier alpha value is -1.02. The van der Waals surface area contributed by atoms with Crippen molar-refractivity contribution in [3.63, 3.8) is 0 Å². The number of hydrogen-bond acceptors (Lipinski definition) is 2. The molecule has 1 saturated carbocycles. The predicted molar refractivity (Wildman–Crippen MR) is 65.2 cm³/mol. The largest absolute Gasteiger partial charge is 0.380 e. The van der Waals surface area contributed by atoms with Crippen molar-refractivity contribution in [1.29, 1.82) is 0 Å². The Kier molecular flexibility index (Phi) is 2.47. The maximum absolute atomic E-state index is 5.90. The highest BCUT2D eigenvalue weighted by Gasteiger charge is 2.36. The van der Waals surface area contributed by atoms with Crippen LogP contribution in [0.25, 0.3) is 0 Å². The molecular weight excluding hydrogens is 184 g/mol. The van der Waals surface area contributed by atoms with Crippen LogP contribution in [-0.4, -0.2) is 11.6 Å². The van der Waals surface area contributed by atoms with Gasteiger partial charge in [-0.15, -0.1) is 0 Å². The maximum Gasteiger partial charge on any atom is 0.0380 e. The van der Waals surface area contributed by atoms with Crippen LogP contribution in [0.4, 0.5) is 5.69 Å². The van der Waals surface area contributed by atoms with Crippen molar-refractivity contribution in [1.82, 2.24) is 0 Å². The van der Waals surface area contributed by atoms with E-state index in [4.69, 9.17) is 5.73 Å². The van der Waals surface area contributed by atoms with Gasteiger partial charge in [-0.1, -0.05) is 18.2 Å². The van der Waals surface area contributed by atoms with Crippen molar-refractivity contribution in [2.24, 2.45) is 5.73 Å². The number of anilines is 1. The molecule has 0 aromatic heterocycles. The molecule has 0 saturated heterocycles. The smallest absolute Gasteiger partial charge is 0.0380 e. The first-order chi connectivity index (χ1) is 6.97. The minimum Gasteiger partial charge on any atom is -0.380 e. The second-order valence-corrected chi connectivity index (χ2v) is 5.47. The zero-order valence-corrected chi connectivity index (χ0v) is 9.75. The van der Waals surface area contributed by atoms with Gasteiger partial charge in [0.2, 0.25) is 0 Å². The average molecular weight is 204 g/mol. The minimum absolute atomic E-state index is 0.106. The molecule has 2 rings (SSSR count). The second kappa shape index (κ2) is 3.53. The van der Waals surface area contributed by atoms with Crippen LogP contribution >= 0.6 is 0 Å². The molecule has 0 heterocycles. The monoisotopic (exact) mass is 204 g/mol. The van der Waals surface area contributed by atoms with E-state index in [0.717, 1.165) is 6.42 Å². The zero-order chi connectivity index (χ0) is 11.1. The molecule has 0 bridgehead atoms. The summed E-state index contributed by atoms with van der Waals surface area (Å²) in [5.74, 6) is 0.566. The Labute approximate surface area is 91.9 Å². The fraction of sp³-hybridized carbons (Fsp3) is 0.538. The zero-order valence-electron chi connectivity index (χ0n) is 9.75. The predicted octanol–water partition coefficient (Wildman–Crippen LogP) is 2.71. The summed E-state index contributed by atoms with van der Waals surface area (Å²) in [4.78, 5) is 0. The highest BCUT2D eigenvalue weighted by atomic mass is 15.0. The third kappa shape index (κ3) is 2.51. The molecule has 0 amide bonds. The standard InChI is InChI=1S/C13H20N2/c1-13(2,3)15-12-7-5-4-6-9(12)10-8-11(10)14/h4-7,10-11,15H,8,14H2,1-3H3/t10-,11?/m0/s1. The van der Waals surface area contributed by atoms with Gasteiger partial charge in [0, 0.05) is 23.2 Å². The van der Waals surface area contributed by atoms with Crippen LogP contribution in [0.2, 0.25) is 0 Å². The highest BCUT2D eigenvalue weighted by Crippen LogP contribution is 2.42. The van der Waals surface area contributed by atoms with Crippen LogP contribution in [0.3, 0.4) is 0 Å². The van der Waals surface area contributed by atoms with Crippen LogP contribution in [0.1, 0.15) is 38.7 Å². The van der Waals surface area contributed by atoms with Gasteiger partial charge in [0.25, 0.3) is 0 Å². The molecule has 2 atom stereocenters.